The number of fused-ring (bicyclic) bond motifs is 1. The lowest BCUT2D eigenvalue weighted by Gasteiger charge is -2.33. The van der Waals surface area contributed by atoms with E-state index in [9.17, 15) is 0 Å². The summed E-state index contributed by atoms with van der Waals surface area (Å²) in [5.41, 5.74) is 4.33. The van der Waals surface area contributed by atoms with Crippen molar-refractivity contribution in [3.05, 3.63) is 54.4 Å². The van der Waals surface area contributed by atoms with Crippen molar-refractivity contribution in [3.8, 4) is 17.0 Å². The summed E-state index contributed by atoms with van der Waals surface area (Å²) < 4.78 is 11.0. The second-order valence-electron chi connectivity index (χ2n) is 7.47. The fourth-order valence-electron chi connectivity index (χ4n) is 4.12. The molecule has 1 aromatic carbocycles. The summed E-state index contributed by atoms with van der Waals surface area (Å²) in [7, 11) is 1.69. The number of benzene rings is 1. The van der Waals surface area contributed by atoms with E-state index in [0.29, 0.717) is 13.2 Å². The largest absolute Gasteiger partial charge is 0.497 e. The molecule has 0 spiro atoms. The zero-order chi connectivity index (χ0) is 20.3. The molecule has 4 heterocycles. The number of anilines is 3. The van der Waals surface area contributed by atoms with Crippen LogP contribution in [-0.4, -0.2) is 54.9 Å². The van der Waals surface area contributed by atoms with Crippen molar-refractivity contribution < 1.29 is 9.47 Å². The van der Waals surface area contributed by atoms with Crippen LogP contribution in [-0.2, 0) is 11.2 Å². The molecule has 3 aromatic rings. The highest BCUT2D eigenvalue weighted by molar-refractivity contribution is 5.76. The third-order valence-electron chi connectivity index (χ3n) is 5.65. The Labute approximate surface area is 176 Å². The minimum atomic E-state index is 0.697. The van der Waals surface area contributed by atoms with E-state index in [-0.39, 0.29) is 0 Å². The molecule has 0 unspecified atom stereocenters. The van der Waals surface area contributed by atoms with Crippen molar-refractivity contribution in [1.82, 2.24) is 15.0 Å². The van der Waals surface area contributed by atoms with Gasteiger partial charge >= 0.3 is 0 Å². The van der Waals surface area contributed by atoms with Crippen LogP contribution in [0.15, 0.2) is 48.8 Å². The second kappa shape index (κ2) is 8.28. The summed E-state index contributed by atoms with van der Waals surface area (Å²) in [5, 5.41) is 0. The van der Waals surface area contributed by atoms with Gasteiger partial charge < -0.3 is 19.3 Å². The Morgan fingerprint density at radius 2 is 1.83 bits per heavy atom. The van der Waals surface area contributed by atoms with E-state index in [2.05, 4.69) is 26.9 Å². The highest BCUT2D eigenvalue weighted by atomic mass is 16.5. The molecule has 0 saturated carbocycles. The van der Waals surface area contributed by atoms with Gasteiger partial charge in [0.15, 0.2) is 0 Å². The van der Waals surface area contributed by atoms with Crippen LogP contribution in [0.25, 0.3) is 11.3 Å². The number of nitrogens with zero attached hydrogens (tertiary/aromatic N) is 5. The molecule has 0 bridgehead atoms. The monoisotopic (exact) mass is 403 g/mol. The maximum absolute atomic E-state index is 5.54. The highest BCUT2D eigenvalue weighted by Gasteiger charge is 2.27. The normalized spacial score (nSPS) is 16.3. The van der Waals surface area contributed by atoms with E-state index in [4.69, 9.17) is 19.4 Å². The fraction of sp³-hybridized carbons (Fsp3) is 0.348. The van der Waals surface area contributed by atoms with Gasteiger partial charge in [0.2, 0.25) is 5.95 Å². The van der Waals surface area contributed by atoms with E-state index in [1.807, 2.05) is 36.7 Å². The summed E-state index contributed by atoms with van der Waals surface area (Å²) >= 11 is 0. The van der Waals surface area contributed by atoms with Crippen LogP contribution < -0.4 is 14.5 Å². The minimum absolute atomic E-state index is 0.697. The standard InChI is InChI=1S/C23H25N5O2/c1-29-19-5-2-4-17(16-19)21-20-6-3-11-28(18-7-9-24-10-8-18)22(20)26-23(25-21)27-12-14-30-15-13-27/h2,4-5,7-10,16H,3,6,11-15H2,1H3. The van der Waals surface area contributed by atoms with Crippen molar-refractivity contribution in [2.45, 2.75) is 12.8 Å². The zero-order valence-electron chi connectivity index (χ0n) is 17.1. The first kappa shape index (κ1) is 18.8. The first-order chi connectivity index (χ1) is 14.8. The number of pyridine rings is 1. The summed E-state index contributed by atoms with van der Waals surface area (Å²) in [6.07, 6.45) is 5.66. The van der Waals surface area contributed by atoms with E-state index in [1.165, 1.54) is 5.56 Å². The van der Waals surface area contributed by atoms with Gasteiger partial charge in [0, 0.05) is 48.8 Å². The van der Waals surface area contributed by atoms with Crippen LogP contribution in [0.2, 0.25) is 0 Å². The van der Waals surface area contributed by atoms with Gasteiger partial charge in [-0.3, -0.25) is 4.98 Å². The van der Waals surface area contributed by atoms with Crippen molar-refractivity contribution in [2.24, 2.45) is 0 Å². The van der Waals surface area contributed by atoms with Crippen LogP contribution in [0.1, 0.15) is 12.0 Å². The van der Waals surface area contributed by atoms with Crippen molar-refractivity contribution in [2.75, 3.05) is 49.8 Å². The molecule has 5 rings (SSSR count). The Kier molecular flexibility index (Phi) is 5.19. The second-order valence-corrected chi connectivity index (χ2v) is 7.47. The molecule has 30 heavy (non-hydrogen) atoms. The molecule has 7 nitrogen and oxygen atoms in total. The summed E-state index contributed by atoms with van der Waals surface area (Å²) in [5.74, 6) is 2.58. The third kappa shape index (κ3) is 3.57. The Hall–Kier alpha value is -3.19. The average Bonchev–Trinajstić information content (AvgIpc) is 2.84. The number of ether oxygens (including phenoxy) is 2. The molecular weight excluding hydrogens is 378 g/mol. The number of rotatable bonds is 4. The van der Waals surface area contributed by atoms with Gasteiger partial charge in [0.1, 0.15) is 11.6 Å². The molecule has 1 fully saturated rings. The predicted molar refractivity (Wildman–Crippen MR) is 117 cm³/mol. The van der Waals surface area contributed by atoms with Crippen molar-refractivity contribution >= 4 is 17.5 Å². The molecular formula is C23H25N5O2. The maximum Gasteiger partial charge on any atom is 0.228 e. The van der Waals surface area contributed by atoms with Gasteiger partial charge in [-0.15, -0.1) is 0 Å². The lowest BCUT2D eigenvalue weighted by molar-refractivity contribution is 0.122. The Bertz CT molecular complexity index is 1020. The number of hydrogen-bond acceptors (Lipinski definition) is 7. The van der Waals surface area contributed by atoms with E-state index in [0.717, 1.165) is 66.9 Å². The van der Waals surface area contributed by atoms with E-state index < -0.39 is 0 Å². The number of hydrogen-bond donors (Lipinski definition) is 0. The lowest BCUT2D eigenvalue weighted by Crippen LogP contribution is -2.38. The predicted octanol–water partition coefficient (Wildman–Crippen LogP) is 3.47. The molecule has 0 aliphatic carbocycles. The third-order valence-corrected chi connectivity index (χ3v) is 5.65. The van der Waals surface area contributed by atoms with Gasteiger partial charge in [-0.1, -0.05) is 12.1 Å². The first-order valence-electron chi connectivity index (χ1n) is 10.4. The molecule has 0 amide bonds. The average molecular weight is 403 g/mol. The summed E-state index contributed by atoms with van der Waals surface area (Å²) in [4.78, 5) is 18.8. The molecule has 0 atom stereocenters. The van der Waals surface area contributed by atoms with Gasteiger partial charge in [-0.2, -0.15) is 4.98 Å². The SMILES string of the molecule is COc1cccc(-c2nc(N3CCOCC3)nc3c2CCCN3c2ccncc2)c1. The lowest BCUT2D eigenvalue weighted by atomic mass is 9.98. The summed E-state index contributed by atoms with van der Waals surface area (Å²) in [6, 6.07) is 12.2. The quantitative estimate of drug-likeness (QED) is 0.661. The van der Waals surface area contributed by atoms with E-state index >= 15 is 0 Å². The van der Waals surface area contributed by atoms with Crippen LogP contribution in [0.4, 0.5) is 17.5 Å². The van der Waals surface area contributed by atoms with Crippen LogP contribution in [0.3, 0.4) is 0 Å². The molecule has 154 valence electrons. The molecule has 2 aliphatic rings. The summed E-state index contributed by atoms with van der Waals surface area (Å²) in [6.45, 7) is 3.91. The Balaban J connectivity index is 1.67. The smallest absolute Gasteiger partial charge is 0.228 e. The molecule has 1 saturated heterocycles. The first-order valence-corrected chi connectivity index (χ1v) is 10.4. The molecule has 7 heteroatoms. The molecule has 0 radical (unpaired) electrons. The molecule has 2 aromatic heterocycles. The zero-order valence-corrected chi connectivity index (χ0v) is 17.1. The van der Waals surface area contributed by atoms with Crippen molar-refractivity contribution in [3.63, 3.8) is 0 Å². The maximum atomic E-state index is 5.54. The number of morpholine rings is 1. The highest BCUT2D eigenvalue weighted by Crippen LogP contribution is 2.38. The molecule has 0 N–H and O–H groups in total. The number of aromatic nitrogens is 3. The van der Waals surface area contributed by atoms with E-state index in [1.54, 1.807) is 7.11 Å². The fourth-order valence-corrected chi connectivity index (χ4v) is 4.12. The van der Waals surface area contributed by atoms with Crippen LogP contribution in [0, 0.1) is 0 Å². The van der Waals surface area contributed by atoms with Gasteiger partial charge in [0.05, 0.1) is 26.0 Å². The minimum Gasteiger partial charge on any atom is -0.497 e. The van der Waals surface area contributed by atoms with Gasteiger partial charge in [0.25, 0.3) is 0 Å². The van der Waals surface area contributed by atoms with Gasteiger partial charge in [-0.05, 0) is 37.1 Å². The van der Waals surface area contributed by atoms with Crippen molar-refractivity contribution in [1.29, 1.82) is 0 Å². The van der Waals surface area contributed by atoms with Crippen LogP contribution >= 0.6 is 0 Å². The number of methoxy groups -OCH3 is 1. The Morgan fingerprint density at radius 1 is 1.00 bits per heavy atom. The molecule has 2 aliphatic heterocycles. The van der Waals surface area contributed by atoms with Crippen LogP contribution in [0.5, 0.6) is 5.75 Å². The van der Waals surface area contributed by atoms with Gasteiger partial charge in [-0.25, -0.2) is 4.98 Å². The Morgan fingerprint density at radius 3 is 2.63 bits per heavy atom. The topological polar surface area (TPSA) is 63.6 Å².